The van der Waals surface area contributed by atoms with E-state index in [1.54, 1.807) is 0 Å². The molecule has 2 heterocycles. The van der Waals surface area contributed by atoms with Crippen molar-refractivity contribution in [3.63, 3.8) is 0 Å². The van der Waals surface area contributed by atoms with Crippen LogP contribution in [0.3, 0.4) is 0 Å². The van der Waals surface area contributed by atoms with Gasteiger partial charge in [-0.15, -0.1) is 0 Å². The molecule has 2 nitrogen and oxygen atoms in total. The van der Waals surface area contributed by atoms with Crippen molar-refractivity contribution < 1.29 is 0 Å². The van der Waals surface area contributed by atoms with Crippen molar-refractivity contribution in [1.29, 1.82) is 0 Å². The molecule has 1 N–H and O–H groups in total. The van der Waals surface area contributed by atoms with E-state index in [9.17, 15) is 0 Å². The maximum Gasteiger partial charge on any atom is 0.0235 e. The zero-order chi connectivity index (χ0) is 11.5. The Morgan fingerprint density at radius 3 is 2.82 bits per heavy atom. The summed E-state index contributed by atoms with van der Waals surface area (Å²) >= 11 is 0. The number of hydrogen-bond donors (Lipinski definition) is 1. The number of nitrogens with one attached hydrogen (secondary N) is 1. The van der Waals surface area contributed by atoms with Gasteiger partial charge in [-0.3, -0.25) is 4.90 Å². The average Bonchev–Trinajstić information content (AvgIpc) is 3.00. The van der Waals surface area contributed by atoms with Crippen molar-refractivity contribution >= 4 is 0 Å². The zero-order valence-electron chi connectivity index (χ0n) is 10.4. The first-order valence-corrected chi connectivity index (χ1v) is 6.94. The number of hydrogen-bond acceptors (Lipinski definition) is 2. The molecular weight excluding hydrogens is 208 g/mol. The Kier molecular flexibility index (Phi) is 3.44. The zero-order valence-corrected chi connectivity index (χ0v) is 10.4. The lowest BCUT2D eigenvalue weighted by atomic mass is 10.0. The quantitative estimate of drug-likeness (QED) is 0.855. The third kappa shape index (κ3) is 2.53. The molecule has 17 heavy (non-hydrogen) atoms. The largest absolute Gasteiger partial charge is 0.315 e. The lowest BCUT2D eigenvalue weighted by Gasteiger charge is -2.30. The van der Waals surface area contributed by atoms with Crippen LogP contribution in [0.2, 0.25) is 0 Å². The Morgan fingerprint density at radius 2 is 2.06 bits per heavy atom. The van der Waals surface area contributed by atoms with E-state index in [1.807, 2.05) is 0 Å². The summed E-state index contributed by atoms with van der Waals surface area (Å²) in [7, 11) is 0. The lowest BCUT2D eigenvalue weighted by molar-refractivity contribution is 0.190. The van der Waals surface area contributed by atoms with Gasteiger partial charge in [0.15, 0.2) is 0 Å². The summed E-state index contributed by atoms with van der Waals surface area (Å²) < 4.78 is 0. The minimum absolute atomic E-state index is 0.780. The van der Waals surface area contributed by atoms with Gasteiger partial charge in [0, 0.05) is 18.6 Å². The van der Waals surface area contributed by atoms with Crippen LogP contribution in [0.5, 0.6) is 0 Å². The molecule has 2 fully saturated rings. The molecular formula is C15H22N2. The second-order valence-electron chi connectivity index (χ2n) is 5.37. The van der Waals surface area contributed by atoms with E-state index in [0.29, 0.717) is 0 Å². The fourth-order valence-corrected chi connectivity index (χ4v) is 3.37. The van der Waals surface area contributed by atoms with Crippen molar-refractivity contribution in [3.05, 3.63) is 35.9 Å². The van der Waals surface area contributed by atoms with Gasteiger partial charge in [-0.05, 0) is 44.3 Å². The van der Waals surface area contributed by atoms with Crippen molar-refractivity contribution in [2.75, 3.05) is 19.6 Å². The van der Waals surface area contributed by atoms with Crippen LogP contribution in [0.1, 0.15) is 24.8 Å². The number of likely N-dealkylation sites (tertiary alicyclic amines) is 1. The molecule has 2 saturated heterocycles. The second-order valence-corrected chi connectivity index (χ2v) is 5.37. The topological polar surface area (TPSA) is 15.3 Å². The molecule has 0 spiro atoms. The minimum Gasteiger partial charge on any atom is -0.315 e. The van der Waals surface area contributed by atoms with Gasteiger partial charge < -0.3 is 5.32 Å². The number of benzene rings is 1. The highest BCUT2D eigenvalue weighted by molar-refractivity contribution is 5.16. The first kappa shape index (κ1) is 11.2. The molecule has 0 amide bonds. The highest BCUT2D eigenvalue weighted by Gasteiger charge is 2.31. The summed E-state index contributed by atoms with van der Waals surface area (Å²) in [6, 6.07) is 12.5. The van der Waals surface area contributed by atoms with Gasteiger partial charge in [0.1, 0.15) is 0 Å². The van der Waals surface area contributed by atoms with Crippen LogP contribution in [0, 0.1) is 0 Å². The van der Waals surface area contributed by atoms with E-state index in [0.717, 1.165) is 12.1 Å². The van der Waals surface area contributed by atoms with Crippen LogP contribution >= 0.6 is 0 Å². The summed E-state index contributed by atoms with van der Waals surface area (Å²) in [6.45, 7) is 3.72. The molecule has 0 unspecified atom stereocenters. The highest BCUT2D eigenvalue weighted by Crippen LogP contribution is 2.25. The molecule has 1 aromatic rings. The van der Waals surface area contributed by atoms with Gasteiger partial charge in [0.2, 0.25) is 0 Å². The molecule has 0 bridgehead atoms. The fourth-order valence-electron chi connectivity index (χ4n) is 3.37. The number of rotatable bonds is 3. The molecule has 2 aliphatic heterocycles. The van der Waals surface area contributed by atoms with E-state index < -0.39 is 0 Å². The predicted octanol–water partition coefficient (Wildman–Crippen LogP) is 2.06. The van der Waals surface area contributed by atoms with Crippen molar-refractivity contribution in [2.24, 2.45) is 0 Å². The Hall–Kier alpha value is -0.860. The maximum absolute atomic E-state index is 3.49. The summed E-state index contributed by atoms with van der Waals surface area (Å²) in [5, 5.41) is 3.49. The molecule has 3 rings (SSSR count). The second kappa shape index (κ2) is 5.19. The first-order chi connectivity index (χ1) is 8.43. The molecule has 2 aliphatic rings. The lowest BCUT2D eigenvalue weighted by Crippen LogP contribution is -2.41. The predicted molar refractivity (Wildman–Crippen MR) is 71.1 cm³/mol. The molecule has 0 radical (unpaired) electrons. The van der Waals surface area contributed by atoms with Crippen LogP contribution in [-0.4, -0.2) is 36.6 Å². The number of nitrogens with zero attached hydrogens (tertiary/aromatic N) is 1. The van der Waals surface area contributed by atoms with Gasteiger partial charge in [-0.25, -0.2) is 0 Å². The van der Waals surface area contributed by atoms with Crippen molar-refractivity contribution in [2.45, 2.75) is 37.8 Å². The SMILES string of the molecule is c1ccc(C[C@H]2CCCN2[C@@H]2CCNC2)cc1. The normalized spacial score (nSPS) is 29.9. The molecule has 92 valence electrons. The summed E-state index contributed by atoms with van der Waals surface area (Å²) in [5.74, 6) is 0. The summed E-state index contributed by atoms with van der Waals surface area (Å²) in [6.07, 6.45) is 5.34. The highest BCUT2D eigenvalue weighted by atomic mass is 15.2. The van der Waals surface area contributed by atoms with Gasteiger partial charge in [0.05, 0.1) is 0 Å². The molecule has 2 atom stereocenters. The Morgan fingerprint density at radius 1 is 1.18 bits per heavy atom. The fraction of sp³-hybridized carbons (Fsp3) is 0.600. The van der Waals surface area contributed by atoms with Gasteiger partial charge in [-0.1, -0.05) is 30.3 Å². The van der Waals surface area contributed by atoms with Crippen molar-refractivity contribution in [3.8, 4) is 0 Å². The smallest absolute Gasteiger partial charge is 0.0235 e. The van der Waals surface area contributed by atoms with Crippen LogP contribution in [-0.2, 0) is 6.42 Å². The minimum atomic E-state index is 0.780. The Labute approximate surface area is 104 Å². The standard InChI is InChI=1S/C15H22N2/c1-2-5-13(6-3-1)11-14-7-4-10-17(14)15-8-9-16-12-15/h1-3,5-6,14-16H,4,7-12H2/t14-,15-/m1/s1. The van der Waals surface area contributed by atoms with E-state index in [4.69, 9.17) is 0 Å². The molecule has 2 heteroatoms. The third-order valence-electron chi connectivity index (χ3n) is 4.24. The van der Waals surface area contributed by atoms with Crippen LogP contribution in [0.4, 0.5) is 0 Å². The van der Waals surface area contributed by atoms with E-state index in [-0.39, 0.29) is 0 Å². The molecule has 0 saturated carbocycles. The van der Waals surface area contributed by atoms with Gasteiger partial charge >= 0.3 is 0 Å². The van der Waals surface area contributed by atoms with Crippen molar-refractivity contribution in [1.82, 2.24) is 10.2 Å². The summed E-state index contributed by atoms with van der Waals surface area (Å²) in [5.41, 5.74) is 1.50. The third-order valence-corrected chi connectivity index (χ3v) is 4.24. The molecule has 1 aromatic carbocycles. The maximum atomic E-state index is 3.49. The van der Waals surface area contributed by atoms with Gasteiger partial charge in [0.25, 0.3) is 0 Å². The summed E-state index contributed by atoms with van der Waals surface area (Å²) in [4.78, 5) is 2.76. The average molecular weight is 230 g/mol. The Bertz CT molecular complexity index is 343. The van der Waals surface area contributed by atoms with Crippen LogP contribution in [0.25, 0.3) is 0 Å². The van der Waals surface area contributed by atoms with Crippen LogP contribution in [0.15, 0.2) is 30.3 Å². The van der Waals surface area contributed by atoms with E-state index in [2.05, 4.69) is 40.5 Å². The monoisotopic (exact) mass is 230 g/mol. The van der Waals surface area contributed by atoms with Crippen LogP contribution < -0.4 is 5.32 Å². The Balaban J connectivity index is 1.65. The molecule has 0 aromatic heterocycles. The first-order valence-electron chi connectivity index (χ1n) is 6.94. The molecule has 0 aliphatic carbocycles. The van der Waals surface area contributed by atoms with E-state index >= 15 is 0 Å². The van der Waals surface area contributed by atoms with E-state index in [1.165, 1.54) is 50.9 Å². The van der Waals surface area contributed by atoms with Gasteiger partial charge in [-0.2, -0.15) is 0 Å².